The number of thiophene rings is 1. The molecule has 0 bridgehead atoms. The zero-order chi connectivity index (χ0) is 18.4. The second-order valence-corrected chi connectivity index (χ2v) is 8.21. The number of aryl methyl sites for hydroxylation is 1. The molecule has 1 amide bonds. The number of nitriles is 1. The molecule has 2 aromatic rings. The predicted octanol–water partition coefficient (Wildman–Crippen LogP) is 5.49. The van der Waals surface area contributed by atoms with Gasteiger partial charge in [-0.25, -0.2) is 0 Å². The highest BCUT2D eigenvalue weighted by Gasteiger charge is 2.26. The standard InChI is InChI=1S/C22H26N2OS/c1-2-7-17-12-13-18-19(15-23)22(26-20(18)14-17)24-21(25)11-6-10-16-8-4-3-5-9-16/h3-5,8-9,17H,2,6-7,10-14H2,1H3,(H,24,25)/t17-/m1/s1. The van der Waals surface area contributed by atoms with Crippen molar-refractivity contribution in [3.63, 3.8) is 0 Å². The van der Waals surface area contributed by atoms with Crippen LogP contribution < -0.4 is 5.32 Å². The van der Waals surface area contributed by atoms with Gasteiger partial charge in [0.05, 0.1) is 5.56 Å². The molecule has 0 fully saturated rings. The number of carbonyl (C=O) groups is 1. The molecule has 1 atom stereocenters. The van der Waals surface area contributed by atoms with Gasteiger partial charge in [0.1, 0.15) is 11.1 Å². The Morgan fingerprint density at radius 3 is 2.88 bits per heavy atom. The monoisotopic (exact) mass is 366 g/mol. The molecule has 0 saturated heterocycles. The quantitative estimate of drug-likeness (QED) is 0.705. The molecule has 0 spiro atoms. The van der Waals surface area contributed by atoms with E-state index in [1.807, 2.05) is 18.2 Å². The summed E-state index contributed by atoms with van der Waals surface area (Å²) in [5, 5.41) is 13.3. The zero-order valence-electron chi connectivity index (χ0n) is 15.4. The fourth-order valence-electron chi connectivity index (χ4n) is 3.80. The molecule has 1 aliphatic rings. The molecular weight excluding hydrogens is 340 g/mol. The van der Waals surface area contributed by atoms with E-state index in [-0.39, 0.29) is 5.91 Å². The minimum Gasteiger partial charge on any atom is -0.317 e. The van der Waals surface area contributed by atoms with E-state index in [0.717, 1.165) is 43.0 Å². The van der Waals surface area contributed by atoms with Crippen molar-refractivity contribution < 1.29 is 4.79 Å². The van der Waals surface area contributed by atoms with Crippen LogP contribution in [0, 0.1) is 17.2 Å². The minimum atomic E-state index is 0.0149. The van der Waals surface area contributed by atoms with Gasteiger partial charge >= 0.3 is 0 Å². The van der Waals surface area contributed by atoms with Crippen molar-refractivity contribution in [2.45, 2.75) is 58.3 Å². The highest BCUT2D eigenvalue weighted by Crippen LogP contribution is 2.40. The van der Waals surface area contributed by atoms with Gasteiger partial charge in [-0.05, 0) is 49.1 Å². The van der Waals surface area contributed by atoms with E-state index >= 15 is 0 Å². The third-order valence-electron chi connectivity index (χ3n) is 5.14. The normalized spacial score (nSPS) is 15.9. The summed E-state index contributed by atoms with van der Waals surface area (Å²) in [5.74, 6) is 0.744. The summed E-state index contributed by atoms with van der Waals surface area (Å²) in [6.45, 7) is 2.23. The van der Waals surface area contributed by atoms with Crippen molar-refractivity contribution in [1.29, 1.82) is 5.26 Å². The van der Waals surface area contributed by atoms with Gasteiger partial charge in [0.15, 0.2) is 0 Å². The van der Waals surface area contributed by atoms with Gasteiger partial charge in [-0.15, -0.1) is 11.3 Å². The second kappa shape index (κ2) is 9.00. The topological polar surface area (TPSA) is 52.9 Å². The van der Waals surface area contributed by atoms with E-state index in [0.29, 0.717) is 12.0 Å². The molecule has 4 heteroatoms. The van der Waals surface area contributed by atoms with E-state index in [9.17, 15) is 10.1 Å². The second-order valence-electron chi connectivity index (χ2n) is 7.10. The Morgan fingerprint density at radius 1 is 1.35 bits per heavy atom. The van der Waals surface area contributed by atoms with Gasteiger partial charge in [0, 0.05) is 11.3 Å². The number of benzene rings is 1. The average molecular weight is 367 g/mol. The number of rotatable bonds is 7. The van der Waals surface area contributed by atoms with E-state index in [4.69, 9.17) is 0 Å². The van der Waals surface area contributed by atoms with E-state index in [2.05, 4.69) is 30.4 Å². The first kappa shape index (κ1) is 18.7. The van der Waals surface area contributed by atoms with Crippen LogP contribution in [0.5, 0.6) is 0 Å². The number of hydrogen-bond donors (Lipinski definition) is 1. The van der Waals surface area contributed by atoms with Gasteiger partial charge in [0.25, 0.3) is 0 Å². The molecule has 1 aromatic heterocycles. The van der Waals surface area contributed by atoms with Gasteiger partial charge in [0.2, 0.25) is 5.91 Å². The van der Waals surface area contributed by atoms with E-state index in [1.165, 1.54) is 28.8 Å². The molecule has 3 nitrogen and oxygen atoms in total. The molecule has 1 heterocycles. The van der Waals surface area contributed by atoms with Crippen molar-refractivity contribution in [3.8, 4) is 6.07 Å². The predicted molar refractivity (Wildman–Crippen MR) is 107 cm³/mol. The van der Waals surface area contributed by atoms with Gasteiger partial charge < -0.3 is 5.32 Å². The SMILES string of the molecule is CCC[C@@H]1CCc2c(sc(NC(=O)CCCc3ccccc3)c2C#N)C1. The summed E-state index contributed by atoms with van der Waals surface area (Å²) in [6.07, 6.45) is 7.87. The summed E-state index contributed by atoms with van der Waals surface area (Å²) in [4.78, 5) is 13.6. The number of nitrogens with one attached hydrogen (secondary N) is 1. The maximum Gasteiger partial charge on any atom is 0.225 e. The van der Waals surface area contributed by atoms with Crippen LogP contribution in [0.3, 0.4) is 0 Å². The smallest absolute Gasteiger partial charge is 0.225 e. The van der Waals surface area contributed by atoms with Crippen LogP contribution in [0.15, 0.2) is 30.3 Å². The maximum atomic E-state index is 12.3. The lowest BCUT2D eigenvalue weighted by Crippen LogP contribution is -2.13. The molecular formula is C22H26N2OS. The van der Waals surface area contributed by atoms with Crippen molar-refractivity contribution >= 4 is 22.2 Å². The molecule has 3 rings (SSSR count). The fourth-order valence-corrected chi connectivity index (χ4v) is 5.13. The third-order valence-corrected chi connectivity index (χ3v) is 6.31. The lowest BCUT2D eigenvalue weighted by atomic mass is 9.85. The van der Waals surface area contributed by atoms with Crippen molar-refractivity contribution in [2.75, 3.05) is 5.32 Å². The molecule has 0 aliphatic heterocycles. The van der Waals surface area contributed by atoms with E-state index < -0.39 is 0 Å². The van der Waals surface area contributed by atoms with Crippen LogP contribution in [0.25, 0.3) is 0 Å². The first-order valence-electron chi connectivity index (χ1n) is 9.59. The molecule has 1 aliphatic carbocycles. The number of hydrogen-bond acceptors (Lipinski definition) is 3. The van der Waals surface area contributed by atoms with Crippen molar-refractivity contribution in [3.05, 3.63) is 51.9 Å². The molecule has 136 valence electrons. The fraction of sp³-hybridized carbons (Fsp3) is 0.455. The summed E-state index contributed by atoms with van der Waals surface area (Å²) >= 11 is 1.62. The number of amides is 1. The Hall–Kier alpha value is -2.12. The Labute approximate surface area is 160 Å². The Kier molecular flexibility index (Phi) is 6.46. The van der Waals surface area contributed by atoms with Crippen molar-refractivity contribution in [2.24, 2.45) is 5.92 Å². The molecule has 0 saturated carbocycles. The number of carbonyl (C=O) groups excluding carboxylic acids is 1. The minimum absolute atomic E-state index is 0.0149. The van der Waals surface area contributed by atoms with E-state index in [1.54, 1.807) is 11.3 Å². The van der Waals surface area contributed by atoms with Crippen molar-refractivity contribution in [1.82, 2.24) is 0 Å². The average Bonchev–Trinajstić information content (AvgIpc) is 2.99. The maximum absolute atomic E-state index is 12.3. The summed E-state index contributed by atoms with van der Waals surface area (Å²) in [6, 6.07) is 12.6. The number of anilines is 1. The highest BCUT2D eigenvalue weighted by atomic mass is 32.1. The molecule has 1 aromatic carbocycles. The summed E-state index contributed by atoms with van der Waals surface area (Å²) < 4.78 is 0. The van der Waals surface area contributed by atoms with Gasteiger partial charge in [-0.3, -0.25) is 4.79 Å². The molecule has 26 heavy (non-hydrogen) atoms. The first-order valence-corrected chi connectivity index (χ1v) is 10.4. The van der Waals surface area contributed by atoms with Crippen LogP contribution in [0.2, 0.25) is 0 Å². The van der Waals surface area contributed by atoms with Crippen LogP contribution in [0.4, 0.5) is 5.00 Å². The Bertz CT molecular complexity index is 788. The largest absolute Gasteiger partial charge is 0.317 e. The third kappa shape index (κ3) is 4.53. The van der Waals surface area contributed by atoms with Crippen LogP contribution in [-0.4, -0.2) is 5.91 Å². The lowest BCUT2D eigenvalue weighted by molar-refractivity contribution is -0.116. The highest BCUT2D eigenvalue weighted by molar-refractivity contribution is 7.16. The number of nitrogens with zero attached hydrogens (tertiary/aromatic N) is 1. The molecule has 0 unspecified atom stereocenters. The first-order chi connectivity index (χ1) is 12.7. The summed E-state index contributed by atoms with van der Waals surface area (Å²) in [5.41, 5.74) is 3.15. The van der Waals surface area contributed by atoms with Crippen LogP contribution >= 0.6 is 11.3 Å². The molecule has 0 radical (unpaired) electrons. The van der Waals surface area contributed by atoms with Gasteiger partial charge in [-0.2, -0.15) is 5.26 Å². The Morgan fingerprint density at radius 2 is 2.15 bits per heavy atom. The molecule has 1 N–H and O–H groups in total. The lowest BCUT2D eigenvalue weighted by Gasteiger charge is -2.21. The van der Waals surface area contributed by atoms with Crippen LogP contribution in [-0.2, 0) is 24.1 Å². The summed E-state index contributed by atoms with van der Waals surface area (Å²) in [7, 11) is 0. The van der Waals surface area contributed by atoms with Crippen LogP contribution in [0.1, 0.15) is 60.6 Å². The Balaban J connectivity index is 1.59. The number of fused-ring (bicyclic) bond motifs is 1. The zero-order valence-corrected chi connectivity index (χ0v) is 16.2. The van der Waals surface area contributed by atoms with Gasteiger partial charge in [-0.1, -0.05) is 50.1 Å².